The number of halogens is 4. The van der Waals surface area contributed by atoms with Crippen LogP contribution >= 0.6 is 15.9 Å². The van der Waals surface area contributed by atoms with E-state index in [-0.39, 0.29) is 0 Å². The number of hydrogen-bond acceptors (Lipinski definition) is 5. The first kappa shape index (κ1) is 31.4. The average Bonchev–Trinajstić information content (AvgIpc) is 3.50. The number of rotatable bonds is 5. The summed E-state index contributed by atoms with van der Waals surface area (Å²) in [7, 11) is 0. The van der Waals surface area contributed by atoms with Crippen molar-refractivity contribution in [2.75, 3.05) is 13.1 Å². The number of H-pyrrole nitrogens is 1. The van der Waals surface area contributed by atoms with Crippen LogP contribution in [0.3, 0.4) is 0 Å². The summed E-state index contributed by atoms with van der Waals surface area (Å²) in [5.41, 5.74) is 9.26. The molecule has 7 nitrogen and oxygen atoms in total. The maximum Gasteiger partial charge on any atom is 0.490 e. The van der Waals surface area contributed by atoms with E-state index in [1.165, 1.54) is 5.56 Å². The van der Waals surface area contributed by atoms with E-state index in [1.54, 1.807) is 0 Å². The van der Waals surface area contributed by atoms with Crippen molar-refractivity contribution in [1.82, 2.24) is 24.8 Å². The third-order valence-corrected chi connectivity index (χ3v) is 8.42. The number of benzene rings is 4. The van der Waals surface area contributed by atoms with E-state index in [9.17, 15) is 13.2 Å². The molecule has 6 aromatic rings. The molecule has 0 amide bonds. The Morgan fingerprint density at radius 1 is 0.804 bits per heavy atom. The van der Waals surface area contributed by atoms with Crippen molar-refractivity contribution in [3.63, 3.8) is 0 Å². The molecule has 46 heavy (non-hydrogen) atoms. The zero-order valence-electron chi connectivity index (χ0n) is 24.5. The van der Waals surface area contributed by atoms with Crippen molar-refractivity contribution in [3.8, 4) is 22.5 Å². The highest BCUT2D eigenvalue weighted by atomic mass is 79.9. The quantitative estimate of drug-likeness (QED) is 0.188. The van der Waals surface area contributed by atoms with E-state index in [0.29, 0.717) is 5.92 Å². The normalized spacial score (nSPS) is 14.3. The number of alkyl halides is 3. The molecule has 4 aromatic carbocycles. The number of carboxylic acid groups (broad SMARTS) is 1. The molecule has 11 heteroatoms. The van der Waals surface area contributed by atoms with Crippen LogP contribution in [-0.2, 0) is 11.3 Å². The number of nitrogens with one attached hydrogen (secondary N) is 1. The van der Waals surface area contributed by atoms with Gasteiger partial charge in [0.25, 0.3) is 0 Å². The number of imidazole rings is 1. The van der Waals surface area contributed by atoms with Gasteiger partial charge in [-0.25, -0.2) is 19.7 Å². The van der Waals surface area contributed by atoms with E-state index < -0.39 is 12.1 Å². The molecule has 0 saturated carbocycles. The number of carbonyl (C=O) groups is 1. The van der Waals surface area contributed by atoms with Gasteiger partial charge in [-0.3, -0.25) is 4.90 Å². The fourth-order valence-electron chi connectivity index (χ4n) is 5.58. The van der Waals surface area contributed by atoms with E-state index in [1.807, 2.05) is 36.4 Å². The molecule has 1 aliphatic heterocycles. The Morgan fingerprint density at radius 2 is 1.41 bits per heavy atom. The van der Waals surface area contributed by atoms with Crippen molar-refractivity contribution in [2.24, 2.45) is 0 Å². The zero-order chi connectivity index (χ0) is 32.3. The Kier molecular flexibility index (Phi) is 9.14. The summed E-state index contributed by atoms with van der Waals surface area (Å²) >= 11 is 3.57. The predicted molar refractivity (Wildman–Crippen MR) is 175 cm³/mol. The summed E-state index contributed by atoms with van der Waals surface area (Å²) in [6, 6.07) is 33.6. The number of aromatic nitrogens is 4. The van der Waals surface area contributed by atoms with Gasteiger partial charge >= 0.3 is 12.1 Å². The number of piperidine rings is 1. The van der Waals surface area contributed by atoms with Gasteiger partial charge in [-0.2, -0.15) is 13.2 Å². The second-order valence-corrected chi connectivity index (χ2v) is 12.0. The molecule has 2 N–H and O–H groups in total. The minimum atomic E-state index is -5.08. The molecule has 1 aliphatic rings. The molecule has 0 aliphatic carbocycles. The molecule has 3 heterocycles. The summed E-state index contributed by atoms with van der Waals surface area (Å²) in [5, 5.41) is 7.12. The lowest BCUT2D eigenvalue weighted by Gasteiger charge is -2.31. The van der Waals surface area contributed by atoms with E-state index in [0.717, 1.165) is 87.4 Å². The monoisotopic (exact) mass is 687 g/mol. The minimum Gasteiger partial charge on any atom is -0.475 e. The zero-order valence-corrected chi connectivity index (χ0v) is 26.1. The first-order valence-corrected chi connectivity index (χ1v) is 15.5. The molecule has 0 spiro atoms. The third-order valence-electron chi connectivity index (χ3n) is 7.93. The average molecular weight is 689 g/mol. The van der Waals surface area contributed by atoms with Gasteiger partial charge in [-0.05, 0) is 61.8 Å². The smallest absolute Gasteiger partial charge is 0.475 e. The number of carboxylic acids is 1. The summed E-state index contributed by atoms with van der Waals surface area (Å²) in [6.45, 7) is 3.11. The van der Waals surface area contributed by atoms with Crippen molar-refractivity contribution in [1.29, 1.82) is 0 Å². The summed E-state index contributed by atoms with van der Waals surface area (Å²) < 4.78 is 32.7. The summed E-state index contributed by atoms with van der Waals surface area (Å²) in [6.07, 6.45) is -2.83. The van der Waals surface area contributed by atoms with Crippen LogP contribution in [0.5, 0.6) is 0 Å². The third kappa shape index (κ3) is 7.27. The molecule has 7 rings (SSSR count). The van der Waals surface area contributed by atoms with Crippen LogP contribution in [0.2, 0.25) is 0 Å². The molecular formula is C35H29BrF3N5O2. The number of aromatic amines is 1. The van der Waals surface area contributed by atoms with Crippen LogP contribution < -0.4 is 0 Å². The van der Waals surface area contributed by atoms with Gasteiger partial charge in [-0.15, -0.1) is 0 Å². The first-order valence-electron chi connectivity index (χ1n) is 14.7. The Bertz CT molecular complexity index is 1940. The minimum absolute atomic E-state index is 0.500. The molecule has 2 aromatic heterocycles. The van der Waals surface area contributed by atoms with Crippen LogP contribution in [0.25, 0.3) is 44.6 Å². The Labute approximate surface area is 271 Å². The van der Waals surface area contributed by atoms with Crippen molar-refractivity contribution < 1.29 is 23.1 Å². The van der Waals surface area contributed by atoms with Gasteiger partial charge in [0.1, 0.15) is 5.82 Å². The van der Waals surface area contributed by atoms with Crippen LogP contribution in [0.15, 0.2) is 102 Å². The topological polar surface area (TPSA) is 95.0 Å². The number of fused-ring (bicyclic) bond motifs is 2. The van der Waals surface area contributed by atoms with E-state index in [4.69, 9.17) is 24.9 Å². The van der Waals surface area contributed by atoms with Crippen molar-refractivity contribution in [3.05, 3.63) is 113 Å². The molecule has 0 radical (unpaired) electrons. The largest absolute Gasteiger partial charge is 0.490 e. The van der Waals surface area contributed by atoms with Gasteiger partial charge in [0, 0.05) is 28.1 Å². The lowest BCUT2D eigenvalue weighted by Crippen LogP contribution is -2.32. The van der Waals surface area contributed by atoms with Gasteiger partial charge in [0.05, 0.1) is 33.5 Å². The van der Waals surface area contributed by atoms with Gasteiger partial charge in [0.15, 0.2) is 0 Å². The molecule has 0 atom stereocenters. The highest BCUT2D eigenvalue weighted by Gasteiger charge is 2.38. The summed E-state index contributed by atoms with van der Waals surface area (Å²) in [5.74, 6) is -1.12. The van der Waals surface area contributed by atoms with Crippen LogP contribution in [0.1, 0.15) is 30.1 Å². The summed E-state index contributed by atoms with van der Waals surface area (Å²) in [4.78, 5) is 29.9. The molecule has 1 saturated heterocycles. The highest BCUT2D eigenvalue weighted by Crippen LogP contribution is 2.33. The van der Waals surface area contributed by atoms with Crippen molar-refractivity contribution >= 4 is 44.0 Å². The molecule has 1 fully saturated rings. The molecular weight excluding hydrogens is 659 g/mol. The van der Waals surface area contributed by atoms with Gasteiger partial charge in [0.2, 0.25) is 0 Å². The SMILES string of the molecule is Brc1ccc2nc(-c3ccc(CN4CCC(c5nc6ccccc6[nH]5)CC4)cc3)c(-c3ccccc3)nc2c1.O=C(O)C(F)(F)F. The van der Waals surface area contributed by atoms with Crippen LogP contribution in [0, 0.1) is 0 Å². The molecule has 0 bridgehead atoms. The lowest BCUT2D eigenvalue weighted by molar-refractivity contribution is -0.192. The maximum atomic E-state index is 10.6. The highest BCUT2D eigenvalue weighted by molar-refractivity contribution is 9.10. The van der Waals surface area contributed by atoms with Crippen LogP contribution in [-0.4, -0.2) is 55.2 Å². The van der Waals surface area contributed by atoms with Crippen molar-refractivity contribution in [2.45, 2.75) is 31.5 Å². The number of aliphatic carboxylic acids is 1. The number of para-hydroxylation sites is 2. The first-order chi connectivity index (χ1) is 22.1. The molecule has 234 valence electrons. The number of nitrogens with zero attached hydrogens (tertiary/aromatic N) is 4. The fourth-order valence-corrected chi connectivity index (χ4v) is 5.93. The van der Waals surface area contributed by atoms with Gasteiger partial charge in [-0.1, -0.05) is 82.7 Å². The second-order valence-electron chi connectivity index (χ2n) is 11.1. The standard InChI is InChI=1S/C33H28BrN5.C2HF3O2/c34-26-14-15-29-30(20-26)36-31(23-6-2-1-3-7-23)32(35-29)24-12-10-22(11-13-24)21-39-18-16-25(17-19-39)33-37-27-8-4-5-9-28(27)38-33;3-2(4,5)1(6)7/h1-15,20,25H,16-19,21H2,(H,37,38);(H,6,7). The second kappa shape index (κ2) is 13.4. The van der Waals surface area contributed by atoms with Gasteiger partial charge < -0.3 is 10.1 Å². The lowest BCUT2D eigenvalue weighted by atomic mass is 9.95. The molecule has 0 unspecified atom stereocenters. The number of hydrogen-bond donors (Lipinski definition) is 2. The maximum absolute atomic E-state index is 10.6. The Hall–Kier alpha value is -4.61. The Morgan fingerprint density at radius 3 is 2.07 bits per heavy atom. The Balaban J connectivity index is 0.000000480. The number of likely N-dealkylation sites (tertiary alicyclic amines) is 1. The van der Waals surface area contributed by atoms with Crippen LogP contribution in [0.4, 0.5) is 13.2 Å². The van der Waals surface area contributed by atoms with E-state index >= 15 is 0 Å². The fraction of sp³-hybridized carbons (Fsp3) is 0.200. The van der Waals surface area contributed by atoms with E-state index in [2.05, 4.69) is 86.5 Å². The predicted octanol–water partition coefficient (Wildman–Crippen LogP) is 8.62.